The number of carbonyl (C=O) groups is 1. The molecule has 8 heteroatoms. The summed E-state index contributed by atoms with van der Waals surface area (Å²) < 4.78 is 6.22. The van der Waals surface area contributed by atoms with Gasteiger partial charge in [0.25, 0.3) is 11.9 Å². The average molecular weight is 290 g/mol. The molecule has 2 aromatic rings. The van der Waals surface area contributed by atoms with Crippen molar-refractivity contribution in [1.29, 1.82) is 0 Å². The largest absolute Gasteiger partial charge is 0.383 e. The molecule has 0 unspecified atom stereocenters. The van der Waals surface area contributed by atoms with Crippen molar-refractivity contribution in [3.8, 4) is 5.95 Å². The minimum Gasteiger partial charge on any atom is -0.383 e. The first kappa shape index (κ1) is 14.9. The molecule has 8 nitrogen and oxygen atoms in total. The van der Waals surface area contributed by atoms with Gasteiger partial charge in [0.1, 0.15) is 11.4 Å². The number of rotatable bonds is 5. The summed E-state index contributed by atoms with van der Waals surface area (Å²) in [6.07, 6.45) is 1.40. The molecule has 2 heterocycles. The number of nitrogen functional groups attached to an aromatic ring is 1. The molecule has 0 fully saturated rings. The van der Waals surface area contributed by atoms with Gasteiger partial charge in [-0.15, -0.1) is 0 Å². The van der Waals surface area contributed by atoms with Crippen molar-refractivity contribution in [2.45, 2.75) is 13.8 Å². The third-order valence-corrected chi connectivity index (χ3v) is 2.80. The molecule has 0 radical (unpaired) electrons. The second kappa shape index (κ2) is 6.31. The van der Waals surface area contributed by atoms with Crippen LogP contribution in [0.25, 0.3) is 5.95 Å². The summed E-state index contributed by atoms with van der Waals surface area (Å²) in [6.45, 7) is 4.55. The van der Waals surface area contributed by atoms with Gasteiger partial charge in [-0.1, -0.05) is 0 Å². The minimum absolute atomic E-state index is 0.204. The van der Waals surface area contributed by atoms with Crippen LogP contribution in [0.5, 0.6) is 0 Å². The van der Waals surface area contributed by atoms with Crippen LogP contribution in [0.2, 0.25) is 0 Å². The number of methoxy groups -OCH3 is 1. The fourth-order valence-electron chi connectivity index (χ4n) is 1.86. The van der Waals surface area contributed by atoms with E-state index in [9.17, 15) is 4.79 Å². The Hall–Kier alpha value is -2.48. The number of nitrogens with two attached hydrogens (primary N) is 1. The van der Waals surface area contributed by atoms with E-state index in [0.717, 1.165) is 11.4 Å². The van der Waals surface area contributed by atoms with E-state index >= 15 is 0 Å². The second-order valence-electron chi connectivity index (χ2n) is 4.55. The van der Waals surface area contributed by atoms with Gasteiger partial charge in [0.15, 0.2) is 0 Å². The van der Waals surface area contributed by atoms with Crippen LogP contribution in [0, 0.1) is 13.8 Å². The van der Waals surface area contributed by atoms with Crippen molar-refractivity contribution < 1.29 is 9.53 Å². The Morgan fingerprint density at radius 1 is 1.38 bits per heavy atom. The third-order valence-electron chi connectivity index (χ3n) is 2.80. The van der Waals surface area contributed by atoms with E-state index in [2.05, 4.69) is 20.4 Å². The SMILES string of the molecule is COCCNC(=O)c1cnn(-c2nc(C)cc(C)n2)c1N. The molecule has 3 N–H and O–H groups in total. The highest BCUT2D eigenvalue weighted by atomic mass is 16.5. The molecule has 0 saturated carbocycles. The van der Waals surface area contributed by atoms with Gasteiger partial charge in [-0.3, -0.25) is 4.79 Å². The summed E-state index contributed by atoms with van der Waals surface area (Å²) >= 11 is 0. The van der Waals surface area contributed by atoms with E-state index in [-0.39, 0.29) is 17.3 Å². The zero-order valence-corrected chi connectivity index (χ0v) is 12.3. The summed E-state index contributed by atoms with van der Waals surface area (Å²) in [4.78, 5) is 20.5. The Kier molecular flexibility index (Phi) is 4.49. The van der Waals surface area contributed by atoms with Crippen molar-refractivity contribution >= 4 is 11.7 Å². The Labute approximate surface area is 122 Å². The maximum atomic E-state index is 12.0. The summed E-state index contributed by atoms with van der Waals surface area (Å²) in [5.41, 5.74) is 7.86. The number of ether oxygens (including phenoxy) is 1. The summed E-state index contributed by atoms with van der Waals surface area (Å²) in [6, 6.07) is 1.85. The van der Waals surface area contributed by atoms with E-state index in [1.165, 1.54) is 10.9 Å². The van der Waals surface area contributed by atoms with Crippen LogP contribution in [0.4, 0.5) is 5.82 Å². The summed E-state index contributed by atoms with van der Waals surface area (Å²) in [5.74, 6) is 0.246. The van der Waals surface area contributed by atoms with Crippen LogP contribution in [0.15, 0.2) is 12.3 Å². The van der Waals surface area contributed by atoms with Crippen LogP contribution in [0.3, 0.4) is 0 Å². The van der Waals surface area contributed by atoms with Crippen molar-refractivity contribution in [2.75, 3.05) is 26.0 Å². The second-order valence-corrected chi connectivity index (χ2v) is 4.55. The lowest BCUT2D eigenvalue weighted by molar-refractivity contribution is 0.0938. The molecule has 0 aliphatic carbocycles. The Balaban J connectivity index is 2.26. The number of hydrogen-bond acceptors (Lipinski definition) is 6. The zero-order valence-electron chi connectivity index (χ0n) is 12.3. The third kappa shape index (κ3) is 3.34. The average Bonchev–Trinajstić information content (AvgIpc) is 2.79. The smallest absolute Gasteiger partial charge is 0.256 e. The van der Waals surface area contributed by atoms with E-state index in [1.54, 1.807) is 7.11 Å². The number of anilines is 1. The number of nitrogens with one attached hydrogen (secondary N) is 1. The number of nitrogens with zero attached hydrogens (tertiary/aromatic N) is 4. The minimum atomic E-state index is -0.305. The quantitative estimate of drug-likeness (QED) is 0.764. The molecule has 112 valence electrons. The van der Waals surface area contributed by atoms with E-state index < -0.39 is 0 Å². The predicted molar refractivity (Wildman–Crippen MR) is 77.2 cm³/mol. The van der Waals surface area contributed by atoms with Gasteiger partial charge < -0.3 is 15.8 Å². The number of aryl methyl sites for hydroxylation is 2. The molecule has 1 amide bonds. The number of amides is 1. The molecule has 0 aliphatic heterocycles. The van der Waals surface area contributed by atoms with Gasteiger partial charge in [-0.2, -0.15) is 9.78 Å². The molecular weight excluding hydrogens is 272 g/mol. The Morgan fingerprint density at radius 3 is 2.67 bits per heavy atom. The number of carbonyl (C=O) groups excluding carboxylic acids is 1. The van der Waals surface area contributed by atoms with Crippen LogP contribution >= 0.6 is 0 Å². The summed E-state index contributed by atoms with van der Waals surface area (Å²) in [7, 11) is 1.57. The van der Waals surface area contributed by atoms with E-state index in [4.69, 9.17) is 10.5 Å². The normalized spacial score (nSPS) is 10.6. The van der Waals surface area contributed by atoms with Gasteiger partial charge in [-0.05, 0) is 19.9 Å². The highest BCUT2D eigenvalue weighted by molar-refractivity contribution is 5.98. The first-order valence-electron chi connectivity index (χ1n) is 6.46. The lowest BCUT2D eigenvalue weighted by Crippen LogP contribution is -2.27. The molecule has 0 aliphatic rings. The molecule has 0 atom stereocenters. The van der Waals surface area contributed by atoms with Crippen molar-refractivity contribution in [2.24, 2.45) is 0 Å². The van der Waals surface area contributed by atoms with E-state index in [0.29, 0.717) is 19.1 Å². The van der Waals surface area contributed by atoms with Crippen LogP contribution in [-0.4, -0.2) is 45.9 Å². The van der Waals surface area contributed by atoms with Crippen molar-refractivity contribution in [3.05, 3.63) is 29.2 Å². The maximum absolute atomic E-state index is 12.0. The molecule has 2 aromatic heterocycles. The van der Waals surface area contributed by atoms with Gasteiger partial charge in [0.2, 0.25) is 0 Å². The van der Waals surface area contributed by atoms with Crippen molar-refractivity contribution in [1.82, 2.24) is 25.1 Å². The standard InChI is InChI=1S/C13H18N6O2/c1-8-6-9(2)18-13(17-8)19-11(14)10(7-16-19)12(20)15-4-5-21-3/h6-7H,4-5,14H2,1-3H3,(H,15,20). The molecule has 0 bridgehead atoms. The predicted octanol–water partition coefficient (Wildman–Crippen LogP) is 0.238. The Morgan fingerprint density at radius 2 is 2.05 bits per heavy atom. The maximum Gasteiger partial charge on any atom is 0.256 e. The topological polar surface area (TPSA) is 108 Å². The van der Waals surface area contributed by atoms with Gasteiger partial charge in [0.05, 0.1) is 12.8 Å². The Bertz CT molecular complexity index is 632. The fourth-order valence-corrected chi connectivity index (χ4v) is 1.86. The molecule has 0 aromatic carbocycles. The van der Waals surface area contributed by atoms with Gasteiger partial charge in [-0.25, -0.2) is 9.97 Å². The van der Waals surface area contributed by atoms with Crippen molar-refractivity contribution in [3.63, 3.8) is 0 Å². The highest BCUT2D eigenvalue weighted by Crippen LogP contribution is 2.15. The number of hydrogen-bond donors (Lipinski definition) is 2. The first-order valence-corrected chi connectivity index (χ1v) is 6.46. The lowest BCUT2D eigenvalue weighted by atomic mass is 10.3. The molecule has 21 heavy (non-hydrogen) atoms. The zero-order chi connectivity index (χ0) is 15.4. The van der Waals surface area contributed by atoms with Crippen LogP contribution in [-0.2, 0) is 4.74 Å². The fraction of sp³-hybridized carbons (Fsp3) is 0.385. The molecule has 2 rings (SSSR count). The molecular formula is C13H18N6O2. The number of aromatic nitrogens is 4. The van der Waals surface area contributed by atoms with Crippen LogP contribution < -0.4 is 11.1 Å². The van der Waals surface area contributed by atoms with Gasteiger partial charge >= 0.3 is 0 Å². The molecule has 0 saturated heterocycles. The van der Waals surface area contributed by atoms with Crippen LogP contribution in [0.1, 0.15) is 21.7 Å². The molecule has 0 spiro atoms. The highest BCUT2D eigenvalue weighted by Gasteiger charge is 2.17. The van der Waals surface area contributed by atoms with Gasteiger partial charge in [0, 0.05) is 25.0 Å². The van der Waals surface area contributed by atoms with E-state index in [1.807, 2.05) is 19.9 Å². The first-order chi connectivity index (χ1) is 10.0. The monoisotopic (exact) mass is 290 g/mol. The lowest BCUT2D eigenvalue weighted by Gasteiger charge is -2.06. The summed E-state index contributed by atoms with van der Waals surface area (Å²) in [5, 5.41) is 6.78.